The van der Waals surface area contributed by atoms with Crippen LogP contribution < -0.4 is 14.4 Å². The monoisotopic (exact) mass is 460 g/mol. The third-order valence-electron chi connectivity index (χ3n) is 4.59. The van der Waals surface area contributed by atoms with Crippen molar-refractivity contribution in [2.24, 2.45) is 0 Å². The first-order valence-electron chi connectivity index (χ1n) is 8.90. The maximum absolute atomic E-state index is 13.4. The molecule has 0 saturated heterocycles. The second-order valence-corrected chi connectivity index (χ2v) is 9.67. The molecule has 1 N–H and O–H groups in total. The Balaban J connectivity index is 1.72. The number of hydrogen-bond acceptors (Lipinski definition) is 6. The van der Waals surface area contributed by atoms with Gasteiger partial charge in [0.1, 0.15) is 10.6 Å². The molecular weight excluding hydrogens is 444 g/mol. The van der Waals surface area contributed by atoms with Gasteiger partial charge in [-0.2, -0.15) is 0 Å². The molecule has 30 heavy (non-hydrogen) atoms. The summed E-state index contributed by atoms with van der Waals surface area (Å²) < 4.78 is 33.1. The minimum absolute atomic E-state index is 0.0903. The van der Waals surface area contributed by atoms with Gasteiger partial charge in [-0.3, -0.25) is 9.10 Å². The maximum Gasteiger partial charge on any atom is 0.270 e. The Morgan fingerprint density at radius 1 is 1.17 bits per heavy atom. The van der Waals surface area contributed by atoms with Crippen molar-refractivity contribution < 1.29 is 17.9 Å². The average molecular weight is 461 g/mol. The predicted molar refractivity (Wildman–Crippen MR) is 120 cm³/mol. The number of halogens is 1. The van der Waals surface area contributed by atoms with Crippen molar-refractivity contribution in [3.63, 3.8) is 0 Å². The van der Waals surface area contributed by atoms with Gasteiger partial charge in [0.2, 0.25) is 5.78 Å². The second-order valence-electron chi connectivity index (χ2n) is 6.49. The summed E-state index contributed by atoms with van der Waals surface area (Å²) in [5, 5.41) is 5.19. The van der Waals surface area contributed by atoms with Gasteiger partial charge in [0.25, 0.3) is 10.0 Å². The first-order chi connectivity index (χ1) is 14.4. The normalized spacial score (nSPS) is 16.4. The van der Waals surface area contributed by atoms with Crippen molar-refractivity contribution in [2.45, 2.75) is 6.54 Å². The third kappa shape index (κ3) is 3.81. The SMILES string of the molecule is COc1cccc(NC=C2C(=O)c3sccc3N(Cc3ccc(Cl)cc3)S2(=O)=O)c1. The van der Waals surface area contributed by atoms with Gasteiger partial charge in [-0.15, -0.1) is 11.3 Å². The van der Waals surface area contributed by atoms with Gasteiger partial charge < -0.3 is 10.1 Å². The summed E-state index contributed by atoms with van der Waals surface area (Å²) in [4.78, 5) is 13.0. The van der Waals surface area contributed by atoms with E-state index >= 15 is 0 Å². The molecule has 2 heterocycles. The van der Waals surface area contributed by atoms with Gasteiger partial charge in [0, 0.05) is 23.0 Å². The zero-order chi connectivity index (χ0) is 21.3. The number of anilines is 2. The predicted octanol–water partition coefficient (Wildman–Crippen LogP) is 4.90. The molecule has 1 aromatic heterocycles. The van der Waals surface area contributed by atoms with Crippen LogP contribution in [0.1, 0.15) is 15.2 Å². The average Bonchev–Trinajstić information content (AvgIpc) is 3.22. The number of carbonyl (C=O) groups excluding carboxylic acids is 1. The number of ether oxygens (including phenoxy) is 1. The molecule has 0 saturated carbocycles. The lowest BCUT2D eigenvalue weighted by Gasteiger charge is -2.29. The molecule has 154 valence electrons. The molecule has 0 fully saturated rings. The first kappa shape index (κ1) is 20.5. The summed E-state index contributed by atoms with van der Waals surface area (Å²) in [5.74, 6) is 0.0869. The minimum Gasteiger partial charge on any atom is -0.497 e. The Hall–Kier alpha value is -2.81. The number of benzene rings is 2. The van der Waals surface area contributed by atoms with E-state index in [9.17, 15) is 13.2 Å². The highest BCUT2D eigenvalue weighted by Gasteiger charge is 2.41. The van der Waals surface area contributed by atoms with Crippen LogP contribution in [0.5, 0.6) is 5.75 Å². The van der Waals surface area contributed by atoms with Crippen LogP contribution in [0.15, 0.2) is 71.1 Å². The number of hydrogen-bond donors (Lipinski definition) is 1. The first-order valence-corrected chi connectivity index (χ1v) is 11.6. The van der Waals surface area contributed by atoms with Gasteiger partial charge in [-0.25, -0.2) is 8.42 Å². The van der Waals surface area contributed by atoms with E-state index in [1.54, 1.807) is 67.1 Å². The van der Waals surface area contributed by atoms with Crippen LogP contribution in [-0.4, -0.2) is 21.3 Å². The number of Topliss-reactive ketones (excluding diaryl/α,β-unsaturated/α-hetero) is 1. The Bertz CT molecular complexity index is 1230. The fourth-order valence-electron chi connectivity index (χ4n) is 3.07. The van der Waals surface area contributed by atoms with Crippen molar-refractivity contribution in [1.82, 2.24) is 0 Å². The highest BCUT2D eigenvalue weighted by Crippen LogP contribution is 2.39. The lowest BCUT2D eigenvalue weighted by atomic mass is 10.2. The Kier molecular flexibility index (Phi) is 5.55. The standard InChI is InChI=1S/C21H17ClN2O4S2/c1-28-17-4-2-3-16(11-17)23-12-19-20(25)21-18(9-10-29-21)24(30(19,26)27)13-14-5-7-15(22)8-6-14/h2-12,23H,13H2,1H3. The molecule has 1 aliphatic rings. The van der Waals surface area contributed by atoms with E-state index in [2.05, 4.69) is 5.32 Å². The number of sulfonamides is 1. The van der Waals surface area contributed by atoms with Crippen molar-refractivity contribution in [3.05, 3.63) is 86.5 Å². The van der Waals surface area contributed by atoms with E-state index in [1.807, 2.05) is 0 Å². The van der Waals surface area contributed by atoms with Crippen molar-refractivity contribution >= 4 is 50.1 Å². The van der Waals surface area contributed by atoms with Gasteiger partial charge in [0.15, 0.2) is 4.91 Å². The Morgan fingerprint density at radius 2 is 1.93 bits per heavy atom. The van der Waals surface area contributed by atoms with Crippen LogP contribution in [0.3, 0.4) is 0 Å². The summed E-state index contributed by atoms with van der Waals surface area (Å²) in [6, 6.07) is 15.6. The van der Waals surface area contributed by atoms with Crippen LogP contribution in [0, 0.1) is 0 Å². The molecule has 4 rings (SSSR count). The van der Waals surface area contributed by atoms with Gasteiger partial charge in [0.05, 0.1) is 19.3 Å². The lowest BCUT2D eigenvalue weighted by molar-refractivity contribution is 0.104. The number of nitrogens with one attached hydrogen (secondary N) is 1. The van der Waals surface area contributed by atoms with Crippen LogP contribution in [0.4, 0.5) is 11.4 Å². The molecule has 0 bridgehead atoms. The molecule has 0 atom stereocenters. The van der Waals surface area contributed by atoms with Crippen LogP contribution in [-0.2, 0) is 16.6 Å². The number of carbonyl (C=O) groups is 1. The van der Waals surface area contributed by atoms with Crippen molar-refractivity contribution in [1.29, 1.82) is 0 Å². The number of rotatable bonds is 5. The lowest BCUT2D eigenvalue weighted by Crippen LogP contribution is -2.38. The number of methoxy groups -OCH3 is 1. The van der Waals surface area contributed by atoms with E-state index in [4.69, 9.17) is 16.3 Å². The molecule has 0 radical (unpaired) electrons. The Labute approximate surface area is 183 Å². The number of nitrogens with zero attached hydrogens (tertiary/aromatic N) is 1. The summed E-state index contributed by atoms with van der Waals surface area (Å²) >= 11 is 7.15. The summed E-state index contributed by atoms with van der Waals surface area (Å²) in [6.45, 7) is 0.0903. The molecule has 3 aromatic rings. The second kappa shape index (κ2) is 8.14. The zero-order valence-electron chi connectivity index (χ0n) is 15.8. The summed E-state index contributed by atoms with van der Waals surface area (Å²) in [5.41, 5.74) is 1.75. The number of fused-ring (bicyclic) bond motifs is 1. The minimum atomic E-state index is -4.07. The highest BCUT2D eigenvalue weighted by atomic mass is 35.5. The molecule has 0 unspecified atom stereocenters. The molecular formula is C21H17ClN2O4S2. The van der Waals surface area contributed by atoms with E-state index in [1.165, 1.54) is 21.8 Å². The summed E-state index contributed by atoms with van der Waals surface area (Å²) in [6.07, 6.45) is 1.24. The molecule has 6 nitrogen and oxygen atoms in total. The largest absolute Gasteiger partial charge is 0.497 e. The molecule has 9 heteroatoms. The zero-order valence-corrected chi connectivity index (χ0v) is 18.2. The number of thiophene rings is 1. The topological polar surface area (TPSA) is 75.7 Å². The molecule has 0 aliphatic carbocycles. The summed E-state index contributed by atoms with van der Waals surface area (Å²) in [7, 11) is -2.52. The van der Waals surface area contributed by atoms with Crippen molar-refractivity contribution in [3.8, 4) is 5.75 Å². The number of allylic oxidation sites excluding steroid dienone is 1. The van der Waals surface area contributed by atoms with E-state index in [0.29, 0.717) is 27.0 Å². The van der Waals surface area contributed by atoms with E-state index in [-0.39, 0.29) is 11.4 Å². The fraction of sp³-hybridized carbons (Fsp3) is 0.0952. The quantitative estimate of drug-likeness (QED) is 0.548. The van der Waals surface area contributed by atoms with Crippen LogP contribution >= 0.6 is 22.9 Å². The number of ketones is 1. The maximum atomic E-state index is 13.4. The van der Waals surface area contributed by atoms with Crippen LogP contribution in [0.2, 0.25) is 5.02 Å². The smallest absolute Gasteiger partial charge is 0.270 e. The van der Waals surface area contributed by atoms with Gasteiger partial charge in [-0.05, 0) is 41.3 Å². The third-order valence-corrected chi connectivity index (χ3v) is 7.51. The van der Waals surface area contributed by atoms with Crippen LogP contribution in [0.25, 0.3) is 0 Å². The van der Waals surface area contributed by atoms with E-state index < -0.39 is 15.8 Å². The van der Waals surface area contributed by atoms with Crippen molar-refractivity contribution in [2.75, 3.05) is 16.7 Å². The fourth-order valence-corrected chi connectivity index (χ4v) is 5.68. The molecule has 0 amide bonds. The molecule has 0 spiro atoms. The van der Waals surface area contributed by atoms with Gasteiger partial charge >= 0.3 is 0 Å². The molecule has 1 aliphatic heterocycles. The Morgan fingerprint density at radius 3 is 2.67 bits per heavy atom. The molecule has 2 aromatic carbocycles. The van der Waals surface area contributed by atoms with E-state index in [0.717, 1.165) is 5.56 Å². The highest BCUT2D eigenvalue weighted by molar-refractivity contribution is 7.97. The van der Waals surface area contributed by atoms with Gasteiger partial charge in [-0.1, -0.05) is 29.8 Å².